The number of rotatable bonds is 17. The minimum Gasteiger partial charge on any atom is -0.497 e. The molecule has 0 bridgehead atoms. The number of fused-ring (bicyclic) bond motifs is 1. The van der Waals surface area contributed by atoms with Gasteiger partial charge in [0.2, 0.25) is 0 Å². The lowest BCUT2D eigenvalue weighted by Gasteiger charge is -2.34. The van der Waals surface area contributed by atoms with Gasteiger partial charge in [-0.3, -0.25) is 4.90 Å². The van der Waals surface area contributed by atoms with Gasteiger partial charge in [-0.2, -0.15) is 13.2 Å². The second kappa shape index (κ2) is 21.3. The van der Waals surface area contributed by atoms with E-state index in [1.807, 2.05) is 61.5 Å². The first kappa shape index (κ1) is 52.1. The Kier molecular flexibility index (Phi) is 14.6. The van der Waals surface area contributed by atoms with Gasteiger partial charge in [-0.05, 0) is 92.4 Å². The number of benzene rings is 4. The van der Waals surface area contributed by atoms with Crippen LogP contribution in [0.2, 0.25) is 5.02 Å². The largest absolute Gasteiger partial charge is 0.497 e. The summed E-state index contributed by atoms with van der Waals surface area (Å²) in [6.07, 6.45) is -1.47. The zero-order valence-electron chi connectivity index (χ0n) is 42.3. The summed E-state index contributed by atoms with van der Waals surface area (Å²) in [5, 5.41) is 5.38. The van der Waals surface area contributed by atoms with Gasteiger partial charge in [-0.1, -0.05) is 54.1 Å². The fourth-order valence-corrected chi connectivity index (χ4v) is 11.0. The number of nitrogens with zero attached hydrogens (tertiary/aromatic N) is 6. The highest BCUT2D eigenvalue weighted by molar-refractivity contribution is 6.37. The molecule has 2 aromatic heterocycles. The molecule has 3 atom stereocenters. The molecule has 0 radical (unpaired) electrons. The van der Waals surface area contributed by atoms with E-state index in [2.05, 4.69) is 25.4 Å². The maximum atomic E-state index is 18.1. The molecule has 6 heterocycles. The van der Waals surface area contributed by atoms with Crippen molar-refractivity contribution in [2.24, 2.45) is 4.99 Å². The molecule has 0 amide bonds. The van der Waals surface area contributed by atoms with E-state index in [0.29, 0.717) is 60.2 Å². The molecule has 13 nitrogen and oxygen atoms in total. The maximum Gasteiger partial charge on any atom is 0.418 e. The van der Waals surface area contributed by atoms with Gasteiger partial charge in [0.25, 0.3) is 0 Å². The van der Waals surface area contributed by atoms with E-state index in [9.17, 15) is 0 Å². The molecular weight excluding hydrogens is 1010 g/mol. The summed E-state index contributed by atoms with van der Waals surface area (Å²) in [6, 6.07) is 25.2. The molecule has 76 heavy (non-hydrogen) atoms. The minimum absolute atomic E-state index is 0.0155. The number of hydrogen-bond donors (Lipinski definition) is 2. The zero-order chi connectivity index (χ0) is 53.5. The van der Waals surface area contributed by atoms with E-state index in [1.54, 1.807) is 55.6 Å². The lowest BCUT2D eigenvalue weighted by atomic mass is 9.95. The number of nitrogens with one attached hydrogen (secondary N) is 2. The Balaban J connectivity index is 1.10. The lowest BCUT2D eigenvalue weighted by Crippen LogP contribution is -2.42. The van der Waals surface area contributed by atoms with E-state index < -0.39 is 74.5 Å². The molecular formula is C56H55ClF6N8O5. The van der Waals surface area contributed by atoms with Crippen LogP contribution in [0.1, 0.15) is 71.2 Å². The number of anilines is 3. The fourth-order valence-electron chi connectivity index (χ4n) is 10.7. The van der Waals surface area contributed by atoms with Gasteiger partial charge in [0.05, 0.1) is 72.2 Å². The van der Waals surface area contributed by atoms with Crippen LogP contribution in [0.25, 0.3) is 11.3 Å². The first-order valence-corrected chi connectivity index (χ1v) is 25.1. The van der Waals surface area contributed by atoms with Gasteiger partial charge >= 0.3 is 12.1 Å². The van der Waals surface area contributed by atoms with Crippen LogP contribution in [-0.4, -0.2) is 85.0 Å². The number of amidine groups is 1. The highest BCUT2D eigenvalue weighted by atomic mass is 35.5. The smallest absolute Gasteiger partial charge is 0.418 e. The van der Waals surface area contributed by atoms with E-state index in [4.69, 9.17) is 45.3 Å². The number of pyridine rings is 2. The van der Waals surface area contributed by atoms with E-state index >= 15 is 26.3 Å². The predicted octanol–water partition coefficient (Wildman–Crippen LogP) is 12.2. The third-order valence-corrected chi connectivity index (χ3v) is 14.9. The van der Waals surface area contributed by atoms with Gasteiger partial charge in [0, 0.05) is 49.9 Å². The Labute approximate surface area is 441 Å². The van der Waals surface area contributed by atoms with Crippen molar-refractivity contribution in [3.8, 4) is 34.3 Å². The van der Waals surface area contributed by atoms with Gasteiger partial charge in [-0.15, -0.1) is 0 Å². The van der Waals surface area contributed by atoms with Crippen LogP contribution in [0, 0.1) is 18.6 Å². The second-order valence-electron chi connectivity index (χ2n) is 19.2. The van der Waals surface area contributed by atoms with Crippen LogP contribution in [0.5, 0.6) is 23.0 Å². The highest BCUT2D eigenvalue weighted by Crippen LogP contribution is 2.52. The normalized spacial score (nSPS) is 18.3. The molecule has 0 saturated carbocycles. The van der Waals surface area contributed by atoms with Crippen molar-refractivity contribution >= 4 is 34.8 Å². The van der Waals surface area contributed by atoms with Gasteiger partial charge in [-0.25, -0.2) is 28.1 Å². The van der Waals surface area contributed by atoms with Crippen molar-refractivity contribution in [2.45, 2.75) is 76.7 Å². The molecule has 398 valence electrons. The number of ether oxygens (including phenoxy) is 5. The van der Waals surface area contributed by atoms with Crippen LogP contribution in [0.3, 0.4) is 0 Å². The minimum atomic E-state index is -5.24. The third-order valence-electron chi connectivity index (χ3n) is 14.5. The third kappa shape index (κ3) is 10.1. The number of aromatic nitrogens is 2. The molecule has 2 N–H and O–H groups in total. The van der Waals surface area contributed by atoms with Crippen molar-refractivity contribution in [3.05, 3.63) is 159 Å². The van der Waals surface area contributed by atoms with E-state index in [1.165, 1.54) is 13.3 Å². The number of aliphatic imine (C=N–C) groups is 1. The standard InChI is InChI=1S/C56H55ClF6N8O5/c1-32-45(56(61,62)63)49(68-52(47(32)59)65-25-34-9-15-38(72-3)16-10-34)43-46(57)50-44-51(48(43)60)76-42(75-30-55-21-7-23-70(55)28-37(58)24-55)29-71(54(44)67-31-66-50)33(2)41-8-6-22-64-53(41)69(26-35-11-17-39(73-4)18-12-35)27-36-13-19-40(74-5)20-14-36/h6,8-20,22,29,33,37,66H,7,21,23-28,30-31H2,1-5H3,(H,65,68)/t33?,37-,55+/m1/s1. The summed E-state index contributed by atoms with van der Waals surface area (Å²) < 4.78 is 125. The fraction of sp³-hybridized carbons (Fsp3) is 0.339. The maximum absolute atomic E-state index is 18.1. The highest BCUT2D eigenvalue weighted by Gasteiger charge is 2.50. The number of alkyl halides is 4. The van der Waals surface area contributed by atoms with Gasteiger partial charge < -0.3 is 44.1 Å². The van der Waals surface area contributed by atoms with Crippen LogP contribution in [-0.2, 0) is 30.5 Å². The van der Waals surface area contributed by atoms with Crippen LogP contribution >= 0.6 is 11.6 Å². The summed E-state index contributed by atoms with van der Waals surface area (Å²) in [6.45, 7) is 4.29. The molecule has 20 heteroatoms. The Morgan fingerprint density at radius 2 is 1.53 bits per heavy atom. The lowest BCUT2D eigenvalue weighted by molar-refractivity contribution is -0.137. The van der Waals surface area contributed by atoms with Crippen LogP contribution < -0.4 is 34.5 Å². The average molecular weight is 1070 g/mol. The summed E-state index contributed by atoms with van der Waals surface area (Å²) in [5.74, 6) is -1.34. The summed E-state index contributed by atoms with van der Waals surface area (Å²) in [7, 11) is 4.70. The number of hydrogen-bond acceptors (Lipinski definition) is 13. The second-order valence-corrected chi connectivity index (χ2v) is 19.6. The van der Waals surface area contributed by atoms with Crippen molar-refractivity contribution < 1.29 is 50.0 Å². The number of halogens is 7. The van der Waals surface area contributed by atoms with Crippen molar-refractivity contribution in [2.75, 3.05) is 63.2 Å². The zero-order valence-corrected chi connectivity index (χ0v) is 43.1. The molecule has 6 aromatic rings. The summed E-state index contributed by atoms with van der Waals surface area (Å²) in [4.78, 5) is 19.9. The first-order valence-electron chi connectivity index (χ1n) is 24.7. The molecule has 1 unspecified atom stereocenters. The quantitative estimate of drug-likeness (QED) is 0.0847. The van der Waals surface area contributed by atoms with Crippen molar-refractivity contribution in [1.29, 1.82) is 0 Å². The molecule has 4 aromatic carbocycles. The predicted molar refractivity (Wildman–Crippen MR) is 278 cm³/mol. The Bertz CT molecular complexity index is 3130. The average Bonchev–Trinajstić information content (AvgIpc) is 3.92. The molecule has 0 aliphatic carbocycles. The number of methoxy groups -OCH3 is 3. The van der Waals surface area contributed by atoms with Gasteiger partial charge in [0.15, 0.2) is 23.2 Å². The summed E-state index contributed by atoms with van der Waals surface area (Å²) in [5.41, 5.74) is -1.63. The Morgan fingerprint density at radius 3 is 2.14 bits per heavy atom. The topological polar surface area (TPSA) is 118 Å². The summed E-state index contributed by atoms with van der Waals surface area (Å²) >= 11 is 7.18. The molecule has 4 aliphatic rings. The van der Waals surface area contributed by atoms with Crippen molar-refractivity contribution in [3.63, 3.8) is 0 Å². The molecule has 2 fully saturated rings. The monoisotopic (exact) mass is 1070 g/mol. The molecule has 10 rings (SSSR count). The van der Waals surface area contributed by atoms with E-state index in [0.717, 1.165) is 24.5 Å². The van der Waals surface area contributed by atoms with Crippen LogP contribution in [0.15, 0.2) is 108 Å². The SMILES string of the molecule is COc1ccc(CNc2nc(-c3c(F)c4c5c(c3Cl)NCN=C5N(C(C)c3cccnc3N(Cc3ccc(OC)cc3)Cc3ccc(OC)cc3)C=C(OC[C@@]35CCCN3C[C@H](F)C5)O4)c(C(F)(F)F)c(C)c2F)cc1. The molecule has 0 spiro atoms. The first-order chi connectivity index (χ1) is 36.6. The van der Waals surface area contributed by atoms with Gasteiger partial charge in [0.1, 0.15) is 48.3 Å². The Morgan fingerprint density at radius 1 is 0.895 bits per heavy atom. The van der Waals surface area contributed by atoms with Crippen molar-refractivity contribution in [1.82, 2.24) is 19.8 Å². The Hall–Kier alpha value is -7.38. The van der Waals surface area contributed by atoms with E-state index in [-0.39, 0.29) is 55.8 Å². The van der Waals surface area contributed by atoms with Crippen LogP contribution in [0.4, 0.5) is 43.7 Å². The molecule has 4 aliphatic heterocycles. The molecule has 2 saturated heterocycles.